The molecule has 0 atom stereocenters. The van der Waals surface area contributed by atoms with Crippen LogP contribution >= 0.6 is 23.2 Å². The van der Waals surface area contributed by atoms with Crippen LogP contribution in [0.5, 0.6) is 0 Å². The van der Waals surface area contributed by atoms with Crippen molar-refractivity contribution in [1.82, 2.24) is 13.9 Å². The van der Waals surface area contributed by atoms with Crippen LogP contribution in [-0.2, 0) is 10.0 Å². The third kappa shape index (κ3) is 2.37. The van der Waals surface area contributed by atoms with E-state index in [2.05, 4.69) is 9.97 Å². The Labute approximate surface area is 137 Å². The fourth-order valence-electron chi connectivity index (χ4n) is 2.20. The van der Waals surface area contributed by atoms with Crippen LogP contribution in [0, 0.1) is 13.8 Å². The van der Waals surface area contributed by atoms with Gasteiger partial charge in [0.25, 0.3) is 10.0 Å². The van der Waals surface area contributed by atoms with Crippen LogP contribution < -0.4 is 0 Å². The van der Waals surface area contributed by atoms with E-state index < -0.39 is 10.0 Å². The molecule has 114 valence electrons. The lowest BCUT2D eigenvalue weighted by atomic mass is 10.2. The third-order valence-electron chi connectivity index (χ3n) is 3.31. The third-order valence-corrected chi connectivity index (χ3v) is 5.42. The summed E-state index contributed by atoms with van der Waals surface area (Å²) in [7, 11) is -3.79. The molecule has 0 saturated heterocycles. The SMILES string of the molecule is Cc1ccc(S(=O)(=O)n2cc(C)c3c(Cl)nc(Cl)nc32)cc1. The van der Waals surface area contributed by atoms with Gasteiger partial charge in [0.15, 0.2) is 5.65 Å². The molecule has 2 heterocycles. The molecule has 1 aromatic carbocycles. The van der Waals surface area contributed by atoms with E-state index in [1.807, 2.05) is 6.92 Å². The number of nitrogens with zero attached hydrogens (tertiary/aromatic N) is 3. The van der Waals surface area contributed by atoms with Gasteiger partial charge in [0.2, 0.25) is 5.28 Å². The monoisotopic (exact) mass is 355 g/mol. The maximum atomic E-state index is 12.8. The highest BCUT2D eigenvalue weighted by Gasteiger charge is 2.23. The Morgan fingerprint density at radius 3 is 2.32 bits per heavy atom. The van der Waals surface area contributed by atoms with Gasteiger partial charge in [0, 0.05) is 6.20 Å². The number of hydrogen-bond donors (Lipinski definition) is 0. The average molecular weight is 356 g/mol. The molecular formula is C14H11Cl2N3O2S. The summed E-state index contributed by atoms with van der Waals surface area (Å²) in [5, 5.41) is 0.503. The molecule has 2 aromatic heterocycles. The molecule has 0 bridgehead atoms. The van der Waals surface area contributed by atoms with Crippen molar-refractivity contribution in [2.75, 3.05) is 0 Å². The zero-order valence-corrected chi connectivity index (χ0v) is 14.0. The predicted octanol–water partition coefficient (Wildman–Crippen LogP) is 3.59. The van der Waals surface area contributed by atoms with E-state index in [0.29, 0.717) is 10.9 Å². The minimum Gasteiger partial charge on any atom is -0.224 e. The van der Waals surface area contributed by atoms with E-state index in [-0.39, 0.29) is 21.0 Å². The first-order valence-electron chi connectivity index (χ1n) is 6.33. The lowest BCUT2D eigenvalue weighted by Gasteiger charge is -2.07. The molecule has 0 N–H and O–H groups in total. The summed E-state index contributed by atoms with van der Waals surface area (Å²) in [6.07, 6.45) is 1.47. The second-order valence-corrected chi connectivity index (χ2v) is 7.42. The van der Waals surface area contributed by atoms with Crippen LogP contribution in [0.25, 0.3) is 11.0 Å². The first-order chi connectivity index (χ1) is 10.3. The second-order valence-electron chi connectivity index (χ2n) is 4.91. The number of rotatable bonds is 2. The number of hydrogen-bond acceptors (Lipinski definition) is 4. The van der Waals surface area contributed by atoms with Gasteiger partial charge in [-0.25, -0.2) is 17.4 Å². The van der Waals surface area contributed by atoms with Crippen molar-refractivity contribution in [3.63, 3.8) is 0 Å². The Kier molecular flexibility index (Phi) is 3.63. The van der Waals surface area contributed by atoms with Crippen molar-refractivity contribution in [2.24, 2.45) is 0 Å². The van der Waals surface area contributed by atoms with Crippen LogP contribution in [0.1, 0.15) is 11.1 Å². The van der Waals surface area contributed by atoms with Crippen LogP contribution in [0.2, 0.25) is 10.4 Å². The molecule has 0 radical (unpaired) electrons. The molecule has 0 fully saturated rings. The van der Waals surface area contributed by atoms with E-state index in [0.717, 1.165) is 9.54 Å². The van der Waals surface area contributed by atoms with E-state index in [4.69, 9.17) is 23.2 Å². The molecule has 0 aliphatic carbocycles. The minimum atomic E-state index is -3.79. The summed E-state index contributed by atoms with van der Waals surface area (Å²) < 4.78 is 26.7. The van der Waals surface area contributed by atoms with Crippen molar-refractivity contribution >= 4 is 44.3 Å². The smallest absolute Gasteiger partial charge is 0.224 e. The van der Waals surface area contributed by atoms with E-state index in [1.165, 1.54) is 6.20 Å². The summed E-state index contributed by atoms with van der Waals surface area (Å²) in [6, 6.07) is 6.58. The zero-order chi connectivity index (χ0) is 16.1. The van der Waals surface area contributed by atoms with Crippen LogP contribution in [0.15, 0.2) is 35.4 Å². The molecular weight excluding hydrogens is 345 g/mol. The van der Waals surface area contributed by atoms with E-state index in [9.17, 15) is 8.42 Å². The first-order valence-corrected chi connectivity index (χ1v) is 8.53. The molecule has 0 aliphatic rings. The average Bonchev–Trinajstić information content (AvgIpc) is 2.77. The second kappa shape index (κ2) is 5.22. The largest absolute Gasteiger partial charge is 0.269 e. The van der Waals surface area contributed by atoms with Crippen LogP contribution in [0.3, 0.4) is 0 Å². The van der Waals surface area contributed by atoms with Crippen molar-refractivity contribution in [1.29, 1.82) is 0 Å². The molecule has 22 heavy (non-hydrogen) atoms. The highest BCUT2D eigenvalue weighted by Crippen LogP contribution is 2.29. The van der Waals surface area contributed by atoms with Gasteiger partial charge in [0.05, 0.1) is 10.3 Å². The highest BCUT2D eigenvalue weighted by molar-refractivity contribution is 7.90. The van der Waals surface area contributed by atoms with Gasteiger partial charge < -0.3 is 0 Å². The maximum absolute atomic E-state index is 12.8. The van der Waals surface area contributed by atoms with Gasteiger partial charge in [-0.1, -0.05) is 29.3 Å². The quantitative estimate of drug-likeness (QED) is 0.520. The van der Waals surface area contributed by atoms with Gasteiger partial charge in [-0.3, -0.25) is 0 Å². The molecule has 3 aromatic rings. The summed E-state index contributed by atoms with van der Waals surface area (Å²) in [4.78, 5) is 8.04. The number of aryl methyl sites for hydroxylation is 2. The summed E-state index contributed by atoms with van der Waals surface area (Å²) in [5.74, 6) is 0. The normalized spacial score (nSPS) is 12.0. The lowest BCUT2D eigenvalue weighted by Crippen LogP contribution is -2.12. The molecule has 3 rings (SSSR count). The summed E-state index contributed by atoms with van der Waals surface area (Å²) in [6.45, 7) is 3.63. The van der Waals surface area contributed by atoms with E-state index in [1.54, 1.807) is 31.2 Å². The van der Waals surface area contributed by atoms with Crippen molar-refractivity contribution in [3.05, 3.63) is 52.0 Å². The Morgan fingerprint density at radius 2 is 1.68 bits per heavy atom. The fraction of sp³-hybridized carbons (Fsp3) is 0.143. The standard InChI is InChI=1S/C14H11Cl2N3O2S/c1-8-3-5-10(6-4-8)22(20,21)19-7-9(2)11-12(15)17-14(16)18-13(11)19/h3-7H,1-2H3. The number of halogens is 2. The van der Waals surface area contributed by atoms with Gasteiger partial charge in [-0.15, -0.1) is 0 Å². The van der Waals surface area contributed by atoms with Gasteiger partial charge in [-0.2, -0.15) is 4.98 Å². The molecule has 8 heteroatoms. The number of fused-ring (bicyclic) bond motifs is 1. The predicted molar refractivity (Wildman–Crippen MR) is 86.0 cm³/mol. The highest BCUT2D eigenvalue weighted by atomic mass is 35.5. The number of benzene rings is 1. The summed E-state index contributed by atoms with van der Waals surface area (Å²) >= 11 is 11.9. The number of aromatic nitrogens is 3. The van der Waals surface area contributed by atoms with Gasteiger partial charge >= 0.3 is 0 Å². The Balaban J connectivity index is 2.32. The van der Waals surface area contributed by atoms with Gasteiger partial charge in [0.1, 0.15) is 5.15 Å². The van der Waals surface area contributed by atoms with Gasteiger partial charge in [-0.05, 0) is 43.1 Å². The fourth-order valence-corrected chi connectivity index (χ4v) is 4.09. The van der Waals surface area contributed by atoms with Crippen molar-refractivity contribution in [3.8, 4) is 0 Å². The molecule has 0 saturated carbocycles. The summed E-state index contributed by atoms with van der Waals surface area (Å²) in [5.41, 5.74) is 1.80. The minimum absolute atomic E-state index is 0.101. The molecule has 0 spiro atoms. The van der Waals surface area contributed by atoms with Crippen molar-refractivity contribution in [2.45, 2.75) is 18.7 Å². The molecule has 0 aliphatic heterocycles. The Hall–Kier alpha value is -1.63. The van der Waals surface area contributed by atoms with Crippen LogP contribution in [0.4, 0.5) is 0 Å². The first kappa shape index (κ1) is 15.3. The zero-order valence-electron chi connectivity index (χ0n) is 11.7. The van der Waals surface area contributed by atoms with Crippen molar-refractivity contribution < 1.29 is 8.42 Å². The topological polar surface area (TPSA) is 64.8 Å². The van der Waals surface area contributed by atoms with Crippen LogP contribution in [-0.4, -0.2) is 22.4 Å². The molecule has 5 nitrogen and oxygen atoms in total. The lowest BCUT2D eigenvalue weighted by molar-refractivity contribution is 0.588. The van der Waals surface area contributed by atoms with E-state index >= 15 is 0 Å². The molecule has 0 amide bonds. The molecule has 0 unspecified atom stereocenters. The Morgan fingerprint density at radius 1 is 1.05 bits per heavy atom. The maximum Gasteiger partial charge on any atom is 0.269 e. The Bertz CT molecular complexity index is 979.